The van der Waals surface area contributed by atoms with E-state index >= 15 is 0 Å². The molecule has 1 aliphatic rings. The number of hydrogen-bond donors (Lipinski definition) is 1. The van der Waals surface area contributed by atoms with E-state index in [9.17, 15) is 4.79 Å². The van der Waals surface area contributed by atoms with Gasteiger partial charge in [-0.25, -0.2) is 0 Å². The number of hydrogen-bond acceptors (Lipinski definition) is 4. The van der Waals surface area contributed by atoms with Gasteiger partial charge in [-0.3, -0.25) is 9.69 Å². The van der Waals surface area contributed by atoms with Crippen molar-refractivity contribution in [3.8, 4) is 0 Å². The van der Waals surface area contributed by atoms with E-state index < -0.39 is 0 Å². The predicted octanol–water partition coefficient (Wildman–Crippen LogP) is 0.845. The number of ether oxygens (including phenoxy) is 1. The third-order valence-electron chi connectivity index (χ3n) is 3.75. The molecule has 0 aliphatic carbocycles. The van der Waals surface area contributed by atoms with Gasteiger partial charge in [0.05, 0.1) is 5.69 Å². The maximum Gasteiger partial charge on any atom is 0.273 e. The average molecular weight is 265 g/mol. The normalized spacial score (nSPS) is 15.5. The highest BCUT2D eigenvalue weighted by Gasteiger charge is 2.20. The summed E-state index contributed by atoms with van der Waals surface area (Å²) in [6.07, 6.45) is 1.76. The number of aromatic nitrogens is 1. The second kappa shape index (κ2) is 6.21. The highest BCUT2D eigenvalue weighted by Crippen LogP contribution is 2.19. The number of rotatable bonds is 5. The minimum atomic E-state index is -0.0557. The number of nitrogen functional groups attached to an aromatic ring is 1. The Morgan fingerprint density at radius 3 is 2.95 bits per heavy atom. The fourth-order valence-corrected chi connectivity index (χ4v) is 2.67. The van der Waals surface area contributed by atoms with Crippen molar-refractivity contribution in [1.29, 1.82) is 0 Å². The number of nitrogens with zero attached hydrogens (tertiary/aromatic N) is 2. The van der Waals surface area contributed by atoms with Gasteiger partial charge >= 0.3 is 0 Å². The third kappa shape index (κ3) is 2.98. The molecule has 19 heavy (non-hydrogen) atoms. The predicted molar refractivity (Wildman–Crippen MR) is 76.3 cm³/mol. The van der Waals surface area contributed by atoms with E-state index in [0.29, 0.717) is 18.8 Å². The highest BCUT2D eigenvalue weighted by molar-refractivity contribution is 5.42. The van der Waals surface area contributed by atoms with Gasteiger partial charge < -0.3 is 15.0 Å². The molecule has 106 valence electrons. The molecular weight excluding hydrogens is 242 g/mol. The molecule has 1 aromatic heterocycles. The molecule has 0 saturated heterocycles. The minimum absolute atomic E-state index is 0.0557. The van der Waals surface area contributed by atoms with Gasteiger partial charge in [0.25, 0.3) is 5.56 Å². The van der Waals surface area contributed by atoms with Crippen molar-refractivity contribution in [2.45, 2.75) is 32.9 Å². The zero-order valence-electron chi connectivity index (χ0n) is 11.8. The van der Waals surface area contributed by atoms with Gasteiger partial charge in [0.2, 0.25) is 0 Å². The lowest BCUT2D eigenvalue weighted by molar-refractivity contribution is 0.189. The summed E-state index contributed by atoms with van der Waals surface area (Å²) >= 11 is 0. The highest BCUT2D eigenvalue weighted by atomic mass is 16.5. The van der Waals surface area contributed by atoms with Crippen LogP contribution in [-0.4, -0.2) is 36.3 Å². The number of anilines is 1. The summed E-state index contributed by atoms with van der Waals surface area (Å²) in [4.78, 5) is 14.5. The van der Waals surface area contributed by atoms with Crippen LogP contribution in [0.1, 0.15) is 24.6 Å². The van der Waals surface area contributed by atoms with Crippen LogP contribution in [0.4, 0.5) is 5.69 Å². The molecule has 0 atom stereocenters. The lowest BCUT2D eigenvalue weighted by Gasteiger charge is -2.29. The minimum Gasteiger partial charge on any atom is -0.394 e. The van der Waals surface area contributed by atoms with Crippen molar-refractivity contribution in [2.75, 3.05) is 32.5 Å². The van der Waals surface area contributed by atoms with Gasteiger partial charge in [-0.2, -0.15) is 0 Å². The van der Waals surface area contributed by atoms with Crippen molar-refractivity contribution in [1.82, 2.24) is 9.47 Å². The van der Waals surface area contributed by atoms with Gasteiger partial charge in [-0.1, -0.05) is 6.92 Å². The second-order valence-corrected chi connectivity index (χ2v) is 4.99. The Hall–Kier alpha value is -1.33. The van der Waals surface area contributed by atoms with Crippen LogP contribution in [0.5, 0.6) is 0 Å². The summed E-state index contributed by atoms with van der Waals surface area (Å²) in [6, 6.07) is 1.85. The Balaban J connectivity index is 2.31. The Kier molecular flexibility index (Phi) is 4.61. The molecule has 1 aliphatic heterocycles. The van der Waals surface area contributed by atoms with Crippen molar-refractivity contribution in [2.24, 2.45) is 0 Å². The first-order valence-electron chi connectivity index (χ1n) is 6.89. The average Bonchev–Trinajstić information content (AvgIpc) is 2.42. The molecule has 0 unspecified atom stereocenters. The summed E-state index contributed by atoms with van der Waals surface area (Å²) in [5.74, 6) is 0. The van der Waals surface area contributed by atoms with Gasteiger partial charge in [0, 0.05) is 45.5 Å². The van der Waals surface area contributed by atoms with Crippen molar-refractivity contribution < 1.29 is 4.74 Å². The third-order valence-corrected chi connectivity index (χ3v) is 3.75. The zero-order chi connectivity index (χ0) is 13.8. The zero-order valence-corrected chi connectivity index (χ0v) is 11.8. The molecule has 2 N–H and O–H groups in total. The van der Waals surface area contributed by atoms with Gasteiger partial charge in [0.1, 0.15) is 0 Å². The summed E-state index contributed by atoms with van der Waals surface area (Å²) in [5.41, 5.74) is 8.50. The fraction of sp³-hybridized carbons (Fsp3) is 0.643. The number of nitrogens with two attached hydrogens (primary N) is 1. The first-order valence-corrected chi connectivity index (χ1v) is 6.89. The van der Waals surface area contributed by atoms with E-state index in [4.69, 9.17) is 10.5 Å². The smallest absolute Gasteiger partial charge is 0.273 e. The molecule has 0 radical (unpaired) electrons. The van der Waals surface area contributed by atoms with Crippen LogP contribution >= 0.6 is 0 Å². The topological polar surface area (TPSA) is 60.5 Å². The number of fused-ring (bicyclic) bond motifs is 1. The van der Waals surface area contributed by atoms with Gasteiger partial charge in [-0.15, -0.1) is 0 Å². The Morgan fingerprint density at radius 1 is 1.47 bits per heavy atom. The number of pyridine rings is 1. The van der Waals surface area contributed by atoms with E-state index in [1.165, 1.54) is 5.56 Å². The molecule has 2 heterocycles. The van der Waals surface area contributed by atoms with Gasteiger partial charge in [0.15, 0.2) is 0 Å². The van der Waals surface area contributed by atoms with E-state index in [1.54, 1.807) is 7.11 Å². The number of methoxy groups -OCH3 is 1. The van der Waals surface area contributed by atoms with E-state index in [0.717, 1.165) is 38.2 Å². The lowest BCUT2D eigenvalue weighted by atomic mass is 10.0. The lowest BCUT2D eigenvalue weighted by Crippen LogP contribution is -2.36. The van der Waals surface area contributed by atoms with E-state index in [2.05, 4.69) is 11.8 Å². The van der Waals surface area contributed by atoms with Crippen LogP contribution < -0.4 is 11.3 Å². The molecule has 0 bridgehead atoms. The first-order chi connectivity index (χ1) is 9.17. The second-order valence-electron chi connectivity index (χ2n) is 4.99. The summed E-state index contributed by atoms with van der Waals surface area (Å²) in [7, 11) is 1.68. The maximum atomic E-state index is 12.2. The maximum absolute atomic E-state index is 12.2. The molecular formula is C14H23N3O2. The summed E-state index contributed by atoms with van der Waals surface area (Å²) in [5, 5.41) is 0. The molecule has 0 aromatic carbocycles. The van der Waals surface area contributed by atoms with Crippen molar-refractivity contribution in [3.63, 3.8) is 0 Å². The van der Waals surface area contributed by atoms with Crippen LogP contribution in [0.15, 0.2) is 10.9 Å². The van der Waals surface area contributed by atoms with Gasteiger partial charge in [-0.05, 0) is 24.6 Å². The fourth-order valence-electron chi connectivity index (χ4n) is 2.67. The number of likely N-dealkylation sites (N-methyl/N-ethyl adjacent to an activating group) is 1. The molecule has 5 nitrogen and oxygen atoms in total. The van der Waals surface area contributed by atoms with E-state index in [-0.39, 0.29) is 5.56 Å². The quantitative estimate of drug-likeness (QED) is 0.802. The molecule has 2 rings (SSSR count). The van der Waals surface area contributed by atoms with Crippen LogP contribution in [0.3, 0.4) is 0 Å². The Bertz CT molecular complexity index is 496. The van der Waals surface area contributed by atoms with Crippen molar-refractivity contribution >= 4 is 5.69 Å². The molecule has 0 saturated carbocycles. The molecule has 0 fully saturated rings. The van der Waals surface area contributed by atoms with Crippen LogP contribution in [0.2, 0.25) is 0 Å². The van der Waals surface area contributed by atoms with Crippen LogP contribution in [-0.2, 0) is 24.2 Å². The SMILES string of the molecule is CCN1CCc2c(cc(N)c(=O)n2CCCOC)C1. The molecule has 5 heteroatoms. The van der Waals surface area contributed by atoms with Crippen LogP contribution in [0.25, 0.3) is 0 Å². The summed E-state index contributed by atoms with van der Waals surface area (Å²) < 4.78 is 6.90. The molecule has 0 spiro atoms. The van der Waals surface area contributed by atoms with Crippen LogP contribution in [0, 0.1) is 0 Å². The molecule has 1 aromatic rings. The Labute approximate surface area is 114 Å². The monoisotopic (exact) mass is 265 g/mol. The van der Waals surface area contributed by atoms with Crippen molar-refractivity contribution in [3.05, 3.63) is 27.7 Å². The molecule has 0 amide bonds. The standard InChI is InChI=1S/C14H23N3O2/c1-3-16-7-5-13-11(10-16)9-12(15)14(18)17(13)6-4-8-19-2/h9H,3-8,10,15H2,1-2H3. The Morgan fingerprint density at radius 2 is 2.26 bits per heavy atom. The van der Waals surface area contributed by atoms with E-state index in [1.807, 2.05) is 10.6 Å². The summed E-state index contributed by atoms with van der Waals surface area (Å²) in [6.45, 7) is 6.44. The largest absolute Gasteiger partial charge is 0.394 e. The first kappa shape index (κ1) is 14.1.